The highest BCUT2D eigenvalue weighted by molar-refractivity contribution is 7.88. The molecule has 1 heterocycles. The topological polar surface area (TPSA) is 62.5 Å². The molecule has 4 rings (SSSR count). The highest BCUT2D eigenvalue weighted by atomic mass is 32.2. The van der Waals surface area contributed by atoms with E-state index in [2.05, 4.69) is 0 Å². The van der Waals surface area contributed by atoms with Gasteiger partial charge in [-0.15, -0.1) is 0 Å². The Labute approximate surface area is 162 Å². The molecule has 28 heavy (non-hydrogen) atoms. The Morgan fingerprint density at radius 3 is 2.07 bits per heavy atom. The molecule has 5 nitrogen and oxygen atoms in total. The second-order valence-electron chi connectivity index (χ2n) is 7.55. The highest BCUT2D eigenvalue weighted by Crippen LogP contribution is 2.41. The van der Waals surface area contributed by atoms with Gasteiger partial charge in [-0.25, -0.2) is 17.2 Å². The van der Waals surface area contributed by atoms with Crippen molar-refractivity contribution in [1.82, 2.24) is 8.87 Å². The molecule has 1 unspecified atom stereocenters. The first kappa shape index (κ1) is 19.3. The van der Waals surface area contributed by atoms with Crippen LogP contribution in [0.15, 0.2) is 48.5 Å². The van der Waals surface area contributed by atoms with Gasteiger partial charge in [-0.05, 0) is 12.1 Å². The van der Waals surface area contributed by atoms with Crippen LogP contribution in [-0.4, -0.2) is 53.3 Å². The van der Waals surface area contributed by atoms with Crippen LogP contribution in [0.25, 0.3) is 21.8 Å². The smallest absolute Gasteiger partial charge is 0.251 e. The third-order valence-corrected chi connectivity index (χ3v) is 6.66. The molecule has 1 aromatic heterocycles. The molecule has 1 N–H and O–H groups in total. The number of aliphatic hydroxyl groups is 1. The van der Waals surface area contributed by atoms with E-state index in [1.165, 1.54) is 0 Å². The SMILES string of the molecule is CS(=O)(=O)N(CC(O)Cn1c2ccccc2c2ccccc21)C1CC(F)(F)C1. The predicted octanol–water partition coefficient (Wildman–Crippen LogP) is 3.21. The maximum absolute atomic E-state index is 13.2. The number of halogens is 2. The van der Waals surface area contributed by atoms with E-state index < -0.39 is 40.9 Å². The Morgan fingerprint density at radius 2 is 1.61 bits per heavy atom. The van der Waals surface area contributed by atoms with Gasteiger partial charge < -0.3 is 9.67 Å². The summed E-state index contributed by atoms with van der Waals surface area (Å²) in [4.78, 5) is 0. The van der Waals surface area contributed by atoms with Crippen LogP contribution in [0.5, 0.6) is 0 Å². The van der Waals surface area contributed by atoms with E-state index in [9.17, 15) is 22.3 Å². The van der Waals surface area contributed by atoms with Crippen molar-refractivity contribution >= 4 is 31.8 Å². The summed E-state index contributed by atoms with van der Waals surface area (Å²) in [5.41, 5.74) is 1.87. The van der Waals surface area contributed by atoms with Crippen molar-refractivity contribution in [3.05, 3.63) is 48.5 Å². The lowest BCUT2D eigenvalue weighted by Gasteiger charge is -2.41. The average Bonchev–Trinajstić information content (AvgIpc) is 2.91. The normalized spacial score (nSPS) is 18.6. The lowest BCUT2D eigenvalue weighted by Crippen LogP contribution is -2.54. The van der Waals surface area contributed by atoms with Gasteiger partial charge in [-0.2, -0.15) is 4.31 Å². The number of hydrogen-bond donors (Lipinski definition) is 1. The van der Waals surface area contributed by atoms with Crippen LogP contribution in [-0.2, 0) is 16.6 Å². The summed E-state index contributed by atoms with van der Waals surface area (Å²) in [6.45, 7) is -0.0381. The standard InChI is InChI=1S/C20H22F2N2O3S/c1-28(26,27)24(14-10-20(21,22)11-14)13-15(25)12-23-18-8-4-2-6-16(18)17-7-3-5-9-19(17)23/h2-9,14-15,25H,10-13H2,1H3. The first-order valence-corrected chi connectivity index (χ1v) is 11.0. The third kappa shape index (κ3) is 3.52. The van der Waals surface area contributed by atoms with Gasteiger partial charge in [0.05, 0.1) is 18.9 Å². The fourth-order valence-corrected chi connectivity index (χ4v) is 5.20. The van der Waals surface area contributed by atoms with Crippen LogP contribution < -0.4 is 0 Å². The van der Waals surface area contributed by atoms with Crippen LogP contribution in [0.1, 0.15) is 12.8 Å². The molecule has 8 heteroatoms. The molecule has 0 aliphatic heterocycles. The van der Waals surface area contributed by atoms with Gasteiger partial charge in [0.1, 0.15) is 0 Å². The van der Waals surface area contributed by atoms with Gasteiger partial charge in [0.25, 0.3) is 5.92 Å². The molecule has 0 radical (unpaired) electrons. The molecule has 1 saturated carbocycles. The zero-order valence-corrected chi connectivity index (χ0v) is 16.2. The summed E-state index contributed by atoms with van der Waals surface area (Å²) in [5.74, 6) is -2.83. The lowest BCUT2D eigenvalue weighted by atomic mass is 9.88. The summed E-state index contributed by atoms with van der Waals surface area (Å²) in [6.07, 6.45) is -1.02. The number of hydrogen-bond acceptors (Lipinski definition) is 3. The number of alkyl halides is 2. The monoisotopic (exact) mass is 408 g/mol. The van der Waals surface area contributed by atoms with Crippen LogP contribution in [0, 0.1) is 0 Å². The molecule has 3 aromatic rings. The Balaban J connectivity index is 1.62. The van der Waals surface area contributed by atoms with E-state index in [1.54, 1.807) is 0 Å². The van der Waals surface area contributed by atoms with Crippen molar-refractivity contribution in [3.63, 3.8) is 0 Å². The highest BCUT2D eigenvalue weighted by Gasteiger charge is 2.50. The second-order valence-corrected chi connectivity index (χ2v) is 9.48. The lowest BCUT2D eigenvalue weighted by molar-refractivity contribution is -0.112. The van der Waals surface area contributed by atoms with Crippen LogP contribution in [0.3, 0.4) is 0 Å². The van der Waals surface area contributed by atoms with Crippen molar-refractivity contribution in [2.24, 2.45) is 0 Å². The number of aliphatic hydroxyl groups excluding tert-OH is 1. The van der Waals surface area contributed by atoms with Crippen molar-refractivity contribution in [2.75, 3.05) is 12.8 Å². The quantitative estimate of drug-likeness (QED) is 0.681. The minimum atomic E-state index is -3.70. The van der Waals surface area contributed by atoms with E-state index in [4.69, 9.17) is 0 Å². The summed E-state index contributed by atoms with van der Waals surface area (Å²) in [7, 11) is -3.70. The number of aromatic nitrogens is 1. The van der Waals surface area contributed by atoms with E-state index in [-0.39, 0.29) is 13.1 Å². The van der Waals surface area contributed by atoms with Gasteiger partial charge >= 0.3 is 0 Å². The Bertz CT molecular complexity index is 1070. The van der Waals surface area contributed by atoms with Crippen LogP contribution >= 0.6 is 0 Å². The Hall–Kier alpha value is -2.03. The minimum absolute atomic E-state index is 0.170. The molecule has 0 spiro atoms. The predicted molar refractivity (Wildman–Crippen MR) is 105 cm³/mol. The fourth-order valence-electron chi connectivity index (χ4n) is 4.06. The zero-order chi connectivity index (χ0) is 20.1. The molecule has 2 aromatic carbocycles. The molecule has 1 aliphatic carbocycles. The van der Waals surface area contributed by atoms with Gasteiger partial charge in [0.2, 0.25) is 10.0 Å². The second kappa shape index (κ2) is 6.79. The zero-order valence-electron chi connectivity index (χ0n) is 15.4. The number of fused-ring (bicyclic) bond motifs is 3. The molecular weight excluding hydrogens is 386 g/mol. The number of rotatable bonds is 6. The summed E-state index contributed by atoms with van der Waals surface area (Å²) in [6, 6.07) is 14.8. The number of benzene rings is 2. The largest absolute Gasteiger partial charge is 0.390 e. The first-order valence-electron chi connectivity index (χ1n) is 9.14. The molecule has 0 bridgehead atoms. The molecule has 0 amide bonds. The summed E-state index contributed by atoms with van der Waals surface area (Å²) in [5, 5.41) is 12.7. The van der Waals surface area contributed by atoms with E-state index >= 15 is 0 Å². The molecule has 1 atom stereocenters. The molecular formula is C20H22F2N2O3S. The molecule has 0 saturated heterocycles. The van der Waals surface area contributed by atoms with Crippen LogP contribution in [0.4, 0.5) is 8.78 Å². The Morgan fingerprint density at radius 1 is 1.11 bits per heavy atom. The molecule has 150 valence electrons. The number of nitrogens with zero attached hydrogens (tertiary/aromatic N) is 2. The number of para-hydroxylation sites is 2. The van der Waals surface area contributed by atoms with Gasteiger partial charge in [-0.3, -0.25) is 0 Å². The van der Waals surface area contributed by atoms with E-state index in [0.717, 1.165) is 32.4 Å². The van der Waals surface area contributed by atoms with Gasteiger partial charge in [0, 0.05) is 47.2 Å². The first-order chi connectivity index (χ1) is 13.2. The van der Waals surface area contributed by atoms with Crippen molar-refractivity contribution in [1.29, 1.82) is 0 Å². The fraction of sp³-hybridized carbons (Fsp3) is 0.400. The number of sulfonamides is 1. The van der Waals surface area contributed by atoms with E-state index in [0.29, 0.717) is 0 Å². The maximum Gasteiger partial charge on any atom is 0.251 e. The van der Waals surface area contributed by atoms with Gasteiger partial charge in [-0.1, -0.05) is 36.4 Å². The summed E-state index contributed by atoms with van der Waals surface area (Å²) >= 11 is 0. The maximum atomic E-state index is 13.2. The van der Waals surface area contributed by atoms with Crippen molar-refractivity contribution < 1.29 is 22.3 Å². The Kier molecular flexibility index (Phi) is 4.68. The minimum Gasteiger partial charge on any atom is -0.390 e. The summed E-state index contributed by atoms with van der Waals surface area (Å²) < 4.78 is 53.7. The average molecular weight is 408 g/mol. The van der Waals surface area contributed by atoms with Crippen LogP contribution in [0.2, 0.25) is 0 Å². The van der Waals surface area contributed by atoms with E-state index in [1.807, 2.05) is 53.1 Å². The molecule has 1 aliphatic rings. The molecule has 1 fully saturated rings. The van der Waals surface area contributed by atoms with Crippen molar-refractivity contribution in [2.45, 2.75) is 37.5 Å². The van der Waals surface area contributed by atoms with Gasteiger partial charge in [0.15, 0.2) is 0 Å². The third-order valence-electron chi connectivity index (χ3n) is 5.37. The van der Waals surface area contributed by atoms with Crippen molar-refractivity contribution in [3.8, 4) is 0 Å².